The summed E-state index contributed by atoms with van der Waals surface area (Å²) >= 11 is 0. The maximum Gasteiger partial charge on any atom is 0.282 e. The minimum atomic E-state index is -3.51. The highest BCUT2D eigenvalue weighted by atomic mass is 32.2. The van der Waals surface area contributed by atoms with Crippen LogP contribution in [0.5, 0.6) is 0 Å². The zero-order chi connectivity index (χ0) is 10.9. The minimum Gasteiger partial charge on any atom is -0.199 e. The third-order valence-corrected chi connectivity index (χ3v) is 3.62. The molecule has 1 heterocycles. The van der Waals surface area contributed by atoms with Crippen LogP contribution in [0.2, 0.25) is 0 Å². The van der Waals surface area contributed by atoms with Crippen molar-refractivity contribution in [3.8, 4) is 0 Å². The highest BCUT2D eigenvalue weighted by Gasteiger charge is 2.15. The number of aryl methyl sites for hydroxylation is 1. The predicted molar refractivity (Wildman–Crippen MR) is 56.0 cm³/mol. The third-order valence-electron chi connectivity index (χ3n) is 2.05. The van der Waals surface area contributed by atoms with Gasteiger partial charge in [0.2, 0.25) is 0 Å². The first-order valence-corrected chi connectivity index (χ1v) is 5.86. The molecule has 0 bridgehead atoms. The molecule has 0 radical (unpaired) electrons. The normalized spacial score (nSPS) is 11.5. The Labute approximate surface area is 88.2 Å². The molecule has 0 unspecified atom stereocenters. The molecular formula is C10H10N2O2S. The van der Waals surface area contributed by atoms with Crippen LogP contribution in [0.3, 0.4) is 0 Å². The molecule has 2 aromatic rings. The predicted octanol–water partition coefficient (Wildman–Crippen LogP) is 1.43. The van der Waals surface area contributed by atoms with E-state index < -0.39 is 10.0 Å². The summed E-state index contributed by atoms with van der Waals surface area (Å²) in [7, 11) is -3.51. The summed E-state index contributed by atoms with van der Waals surface area (Å²) in [6.45, 7) is 1.91. The highest BCUT2D eigenvalue weighted by Crippen LogP contribution is 2.12. The van der Waals surface area contributed by atoms with E-state index in [9.17, 15) is 8.42 Å². The molecule has 0 fully saturated rings. The van der Waals surface area contributed by atoms with Crippen LogP contribution < -0.4 is 0 Å². The lowest BCUT2D eigenvalue weighted by Gasteiger charge is -2.03. The average Bonchev–Trinajstić information content (AvgIpc) is 2.71. The summed E-state index contributed by atoms with van der Waals surface area (Å²) in [6, 6.07) is 8.25. The fraction of sp³-hybridized carbons (Fsp3) is 0.100. The molecule has 4 nitrogen and oxygen atoms in total. The summed E-state index contributed by atoms with van der Waals surface area (Å²) in [5, 5.41) is 3.72. The van der Waals surface area contributed by atoms with Crippen molar-refractivity contribution in [1.82, 2.24) is 9.19 Å². The lowest BCUT2D eigenvalue weighted by atomic mass is 10.2. The summed E-state index contributed by atoms with van der Waals surface area (Å²) in [5.74, 6) is 0. The van der Waals surface area contributed by atoms with Gasteiger partial charge in [0.05, 0.1) is 11.1 Å². The van der Waals surface area contributed by atoms with Crippen LogP contribution in [-0.4, -0.2) is 17.6 Å². The Kier molecular flexibility index (Phi) is 2.32. The van der Waals surface area contributed by atoms with E-state index in [4.69, 9.17) is 0 Å². The van der Waals surface area contributed by atoms with Crippen molar-refractivity contribution in [2.75, 3.05) is 0 Å². The van der Waals surface area contributed by atoms with Gasteiger partial charge < -0.3 is 0 Å². The Morgan fingerprint density at radius 2 is 1.87 bits per heavy atom. The fourth-order valence-electron chi connectivity index (χ4n) is 1.22. The average molecular weight is 222 g/mol. The molecule has 0 saturated carbocycles. The van der Waals surface area contributed by atoms with Gasteiger partial charge in [-0.3, -0.25) is 0 Å². The Morgan fingerprint density at radius 3 is 2.40 bits per heavy atom. The van der Waals surface area contributed by atoms with Crippen LogP contribution in [-0.2, 0) is 10.0 Å². The van der Waals surface area contributed by atoms with Gasteiger partial charge in [0.1, 0.15) is 0 Å². The Morgan fingerprint density at radius 1 is 1.20 bits per heavy atom. The molecule has 0 atom stereocenters. The van der Waals surface area contributed by atoms with Gasteiger partial charge in [-0.2, -0.15) is 17.6 Å². The highest BCUT2D eigenvalue weighted by molar-refractivity contribution is 7.89. The van der Waals surface area contributed by atoms with E-state index in [1.165, 1.54) is 12.4 Å². The first-order valence-electron chi connectivity index (χ1n) is 4.42. The number of hydrogen-bond acceptors (Lipinski definition) is 3. The van der Waals surface area contributed by atoms with Gasteiger partial charge in [-0.05, 0) is 25.1 Å². The van der Waals surface area contributed by atoms with Gasteiger partial charge in [0, 0.05) is 6.20 Å². The summed E-state index contributed by atoms with van der Waals surface area (Å²) < 4.78 is 24.8. The maximum atomic E-state index is 11.9. The Balaban J connectivity index is 2.52. The molecule has 1 aromatic carbocycles. The fourth-order valence-corrected chi connectivity index (χ4v) is 2.32. The van der Waals surface area contributed by atoms with Crippen LogP contribution in [0.4, 0.5) is 0 Å². The lowest BCUT2D eigenvalue weighted by Crippen LogP contribution is -2.13. The third kappa shape index (κ3) is 1.78. The largest absolute Gasteiger partial charge is 0.282 e. The summed E-state index contributed by atoms with van der Waals surface area (Å²) in [6.07, 6.45) is 2.85. The molecule has 5 heteroatoms. The van der Waals surface area contributed by atoms with Gasteiger partial charge in [0.25, 0.3) is 10.0 Å². The van der Waals surface area contributed by atoms with E-state index in [1.54, 1.807) is 30.3 Å². The molecule has 0 aliphatic heterocycles. The van der Waals surface area contributed by atoms with E-state index in [1.807, 2.05) is 6.92 Å². The number of nitrogens with zero attached hydrogens (tertiary/aromatic N) is 2. The summed E-state index contributed by atoms with van der Waals surface area (Å²) in [4.78, 5) is 0.247. The zero-order valence-electron chi connectivity index (χ0n) is 8.16. The zero-order valence-corrected chi connectivity index (χ0v) is 8.98. The van der Waals surface area contributed by atoms with Crippen molar-refractivity contribution >= 4 is 10.0 Å². The van der Waals surface area contributed by atoms with Crippen LogP contribution in [0.1, 0.15) is 5.56 Å². The van der Waals surface area contributed by atoms with E-state index in [0.29, 0.717) is 0 Å². The number of aromatic nitrogens is 2. The van der Waals surface area contributed by atoms with Crippen LogP contribution in [0, 0.1) is 6.92 Å². The molecule has 0 spiro atoms. The molecule has 0 N–H and O–H groups in total. The molecule has 15 heavy (non-hydrogen) atoms. The van der Waals surface area contributed by atoms with Gasteiger partial charge in [0.15, 0.2) is 0 Å². The van der Waals surface area contributed by atoms with Crippen LogP contribution >= 0.6 is 0 Å². The molecule has 0 amide bonds. The van der Waals surface area contributed by atoms with Gasteiger partial charge in [-0.1, -0.05) is 17.7 Å². The molecule has 0 saturated heterocycles. The van der Waals surface area contributed by atoms with Crippen molar-refractivity contribution in [2.24, 2.45) is 0 Å². The van der Waals surface area contributed by atoms with Crippen molar-refractivity contribution in [2.45, 2.75) is 11.8 Å². The SMILES string of the molecule is Cc1ccc(S(=O)(=O)n2cccn2)cc1. The standard InChI is InChI=1S/C10H10N2O2S/c1-9-3-5-10(6-4-9)15(13,14)12-8-2-7-11-12/h2-8H,1H3. The van der Waals surface area contributed by atoms with Crippen LogP contribution in [0.25, 0.3) is 0 Å². The topological polar surface area (TPSA) is 52.0 Å². The second kappa shape index (κ2) is 3.51. The van der Waals surface area contributed by atoms with Gasteiger partial charge >= 0.3 is 0 Å². The van der Waals surface area contributed by atoms with Gasteiger partial charge in [-0.25, -0.2) is 0 Å². The van der Waals surface area contributed by atoms with E-state index in [0.717, 1.165) is 9.65 Å². The molecule has 1 aromatic heterocycles. The van der Waals surface area contributed by atoms with Crippen molar-refractivity contribution < 1.29 is 8.42 Å². The van der Waals surface area contributed by atoms with Crippen molar-refractivity contribution in [3.63, 3.8) is 0 Å². The van der Waals surface area contributed by atoms with Crippen LogP contribution in [0.15, 0.2) is 47.6 Å². The minimum absolute atomic E-state index is 0.247. The second-order valence-electron chi connectivity index (χ2n) is 3.20. The second-order valence-corrected chi connectivity index (χ2v) is 4.99. The van der Waals surface area contributed by atoms with E-state index in [2.05, 4.69) is 5.10 Å². The van der Waals surface area contributed by atoms with Gasteiger partial charge in [-0.15, -0.1) is 0 Å². The number of rotatable bonds is 2. The first kappa shape index (κ1) is 9.92. The van der Waals surface area contributed by atoms with Crippen molar-refractivity contribution in [1.29, 1.82) is 0 Å². The molecular weight excluding hydrogens is 212 g/mol. The lowest BCUT2D eigenvalue weighted by molar-refractivity contribution is 0.580. The molecule has 0 aliphatic carbocycles. The monoisotopic (exact) mass is 222 g/mol. The number of hydrogen-bond donors (Lipinski definition) is 0. The number of benzene rings is 1. The first-order chi connectivity index (χ1) is 7.10. The molecule has 0 aliphatic rings. The quantitative estimate of drug-likeness (QED) is 0.772. The Hall–Kier alpha value is -1.62. The maximum absolute atomic E-state index is 11.9. The molecule has 2 rings (SSSR count). The van der Waals surface area contributed by atoms with E-state index in [-0.39, 0.29) is 4.90 Å². The van der Waals surface area contributed by atoms with Crippen molar-refractivity contribution in [3.05, 3.63) is 48.3 Å². The van der Waals surface area contributed by atoms with E-state index >= 15 is 0 Å². The smallest absolute Gasteiger partial charge is 0.199 e. The summed E-state index contributed by atoms with van der Waals surface area (Å²) in [5.41, 5.74) is 1.02. The Bertz CT molecular complexity index is 542. The molecule has 78 valence electrons.